The van der Waals surface area contributed by atoms with Crippen molar-refractivity contribution in [1.29, 1.82) is 0 Å². The van der Waals surface area contributed by atoms with E-state index in [2.05, 4.69) is 11.7 Å². The fourth-order valence-electron chi connectivity index (χ4n) is 4.35. The van der Waals surface area contributed by atoms with Crippen molar-refractivity contribution >= 4 is 0 Å². The van der Waals surface area contributed by atoms with Gasteiger partial charge in [0, 0.05) is 11.1 Å². The third-order valence-electron chi connectivity index (χ3n) is 6.09. The maximum atomic E-state index is 14.9. The van der Waals surface area contributed by atoms with Crippen LogP contribution in [0.1, 0.15) is 63.4 Å². The minimum Gasteiger partial charge on any atom is -0.481 e. The Morgan fingerprint density at radius 2 is 1.41 bits per heavy atom. The fraction of sp³-hybridized carbons (Fsp3) is 0.500. The van der Waals surface area contributed by atoms with E-state index in [0.29, 0.717) is 5.92 Å². The van der Waals surface area contributed by atoms with Crippen LogP contribution < -0.4 is 4.74 Å². The molecule has 0 unspecified atom stereocenters. The zero-order chi connectivity index (χ0) is 23.5. The average molecular weight is 462 g/mol. The summed E-state index contributed by atoms with van der Waals surface area (Å²) in [5, 5.41) is 0. The van der Waals surface area contributed by atoms with Crippen molar-refractivity contribution in [3.8, 4) is 16.9 Å². The van der Waals surface area contributed by atoms with Crippen molar-refractivity contribution < 1.29 is 35.5 Å². The van der Waals surface area contributed by atoms with Crippen molar-refractivity contribution in [2.24, 2.45) is 5.92 Å². The Morgan fingerprint density at radius 1 is 0.812 bits per heavy atom. The molecule has 0 N–H and O–H groups in total. The molecule has 1 saturated carbocycles. The predicted molar refractivity (Wildman–Crippen MR) is 107 cm³/mol. The highest BCUT2D eigenvalue weighted by Crippen LogP contribution is 2.41. The van der Waals surface area contributed by atoms with E-state index < -0.39 is 52.9 Å². The molecule has 0 atom stereocenters. The quantitative estimate of drug-likeness (QED) is 0.376. The van der Waals surface area contributed by atoms with Gasteiger partial charge < -0.3 is 4.74 Å². The van der Waals surface area contributed by atoms with Crippen LogP contribution in [0.3, 0.4) is 0 Å². The van der Waals surface area contributed by atoms with Crippen LogP contribution in [0.15, 0.2) is 24.3 Å². The Morgan fingerprint density at radius 3 is 2.00 bits per heavy atom. The van der Waals surface area contributed by atoms with Crippen LogP contribution in [0, 0.1) is 29.2 Å². The van der Waals surface area contributed by atoms with E-state index in [1.165, 1.54) is 12.1 Å². The molecule has 3 rings (SSSR count). The van der Waals surface area contributed by atoms with Gasteiger partial charge in [0.15, 0.2) is 29.8 Å². The lowest BCUT2D eigenvalue weighted by Gasteiger charge is -2.29. The van der Waals surface area contributed by atoms with E-state index in [4.69, 9.17) is 0 Å². The maximum absolute atomic E-state index is 14.9. The second-order valence-electron chi connectivity index (χ2n) is 8.33. The van der Waals surface area contributed by atoms with Gasteiger partial charge in [0.2, 0.25) is 5.82 Å². The number of alkyl halides is 3. The van der Waals surface area contributed by atoms with Gasteiger partial charge in [-0.2, -0.15) is 17.6 Å². The van der Waals surface area contributed by atoms with Crippen molar-refractivity contribution in [1.82, 2.24) is 0 Å². The molecular weight excluding hydrogens is 437 g/mol. The van der Waals surface area contributed by atoms with Crippen molar-refractivity contribution in [3.05, 3.63) is 53.1 Å². The normalized spacial score (nSPS) is 19.2. The highest BCUT2D eigenvalue weighted by molar-refractivity contribution is 5.66. The fourth-order valence-corrected chi connectivity index (χ4v) is 4.35. The van der Waals surface area contributed by atoms with Crippen LogP contribution in [-0.4, -0.2) is 12.8 Å². The van der Waals surface area contributed by atoms with Crippen LogP contribution in [0.25, 0.3) is 11.1 Å². The first-order valence-electron chi connectivity index (χ1n) is 10.8. The number of hydrogen-bond acceptors (Lipinski definition) is 1. The summed E-state index contributed by atoms with van der Waals surface area (Å²) in [5.41, 5.74) is -0.874. The lowest BCUT2D eigenvalue weighted by atomic mass is 9.76. The number of rotatable bonds is 7. The monoisotopic (exact) mass is 462 g/mol. The highest BCUT2D eigenvalue weighted by atomic mass is 19.4. The molecule has 1 nitrogen and oxygen atoms in total. The van der Waals surface area contributed by atoms with E-state index in [-0.39, 0.29) is 11.5 Å². The summed E-state index contributed by atoms with van der Waals surface area (Å²) in [7, 11) is 0. The second kappa shape index (κ2) is 10.1. The topological polar surface area (TPSA) is 9.23 Å². The van der Waals surface area contributed by atoms with Crippen molar-refractivity contribution in [3.63, 3.8) is 0 Å². The summed E-state index contributed by atoms with van der Waals surface area (Å²) < 4.78 is 99.3. The number of benzene rings is 2. The molecule has 2 aromatic carbocycles. The third kappa shape index (κ3) is 5.56. The van der Waals surface area contributed by atoms with Crippen molar-refractivity contribution in [2.45, 2.75) is 64.0 Å². The zero-order valence-corrected chi connectivity index (χ0v) is 17.7. The van der Waals surface area contributed by atoms with Crippen LogP contribution in [0.5, 0.6) is 5.75 Å². The molecular formula is C24H25F7O. The molecule has 0 saturated heterocycles. The smallest absolute Gasteiger partial charge is 0.422 e. The Kier molecular flexibility index (Phi) is 7.72. The largest absolute Gasteiger partial charge is 0.481 e. The van der Waals surface area contributed by atoms with E-state index in [0.717, 1.165) is 57.1 Å². The van der Waals surface area contributed by atoms with Gasteiger partial charge in [0.05, 0.1) is 0 Å². The first kappa shape index (κ1) is 24.4. The molecule has 0 heterocycles. The van der Waals surface area contributed by atoms with Gasteiger partial charge in [-0.3, -0.25) is 0 Å². The van der Waals surface area contributed by atoms with Gasteiger partial charge in [-0.1, -0.05) is 38.3 Å². The molecule has 0 aromatic heterocycles. The summed E-state index contributed by atoms with van der Waals surface area (Å²) >= 11 is 0. The number of unbranched alkanes of at least 4 members (excludes halogenated alkanes) is 1. The summed E-state index contributed by atoms with van der Waals surface area (Å²) in [6.45, 7) is 0.324. The van der Waals surface area contributed by atoms with Gasteiger partial charge in [-0.25, -0.2) is 13.2 Å². The third-order valence-corrected chi connectivity index (χ3v) is 6.09. The summed E-state index contributed by atoms with van der Waals surface area (Å²) in [6.07, 6.45) is 2.01. The average Bonchev–Trinajstić information content (AvgIpc) is 2.75. The molecule has 176 valence electrons. The first-order chi connectivity index (χ1) is 15.1. The van der Waals surface area contributed by atoms with Gasteiger partial charge in [-0.05, 0) is 55.2 Å². The molecule has 0 bridgehead atoms. The Hall–Kier alpha value is -2.25. The minimum absolute atomic E-state index is 0.142. The van der Waals surface area contributed by atoms with Crippen LogP contribution in [-0.2, 0) is 0 Å². The van der Waals surface area contributed by atoms with Crippen LogP contribution in [0.2, 0.25) is 0 Å². The molecule has 8 heteroatoms. The second-order valence-corrected chi connectivity index (χ2v) is 8.33. The van der Waals surface area contributed by atoms with Crippen LogP contribution in [0.4, 0.5) is 30.7 Å². The molecule has 0 amide bonds. The van der Waals surface area contributed by atoms with Gasteiger partial charge in [-0.15, -0.1) is 0 Å². The van der Waals surface area contributed by atoms with Crippen molar-refractivity contribution in [2.75, 3.05) is 6.61 Å². The minimum atomic E-state index is -4.73. The molecule has 1 aliphatic rings. The van der Waals surface area contributed by atoms with Gasteiger partial charge in [0.25, 0.3) is 0 Å². The molecule has 0 aliphatic heterocycles. The SMILES string of the molecule is CCCCC1CCC(c2ccc(-c3ccc(OCC(F)(F)F)c(F)c3F)c(F)c2F)CC1. The number of ether oxygens (including phenoxy) is 1. The lowest BCUT2D eigenvalue weighted by molar-refractivity contribution is -0.153. The number of halogens is 7. The molecule has 0 radical (unpaired) electrons. The van der Waals surface area contributed by atoms with E-state index >= 15 is 0 Å². The van der Waals surface area contributed by atoms with Gasteiger partial charge in [0.1, 0.15) is 0 Å². The molecule has 1 aliphatic carbocycles. The van der Waals surface area contributed by atoms with Gasteiger partial charge >= 0.3 is 6.18 Å². The lowest BCUT2D eigenvalue weighted by Crippen LogP contribution is -2.19. The Bertz CT molecular complexity index is 931. The molecule has 32 heavy (non-hydrogen) atoms. The summed E-state index contributed by atoms with van der Waals surface area (Å²) in [4.78, 5) is 0. The summed E-state index contributed by atoms with van der Waals surface area (Å²) in [6, 6.07) is 4.21. The Balaban J connectivity index is 1.80. The van der Waals surface area contributed by atoms with E-state index in [9.17, 15) is 30.7 Å². The maximum Gasteiger partial charge on any atom is 0.422 e. The van der Waals surface area contributed by atoms with E-state index in [1.807, 2.05) is 0 Å². The first-order valence-corrected chi connectivity index (χ1v) is 10.8. The molecule has 0 spiro atoms. The number of hydrogen-bond donors (Lipinski definition) is 0. The summed E-state index contributed by atoms with van der Waals surface area (Å²) in [5.74, 6) is -6.21. The highest BCUT2D eigenvalue weighted by Gasteiger charge is 2.30. The van der Waals surface area contributed by atoms with E-state index in [1.54, 1.807) is 0 Å². The molecule has 2 aromatic rings. The zero-order valence-electron chi connectivity index (χ0n) is 17.7. The molecule has 1 fully saturated rings. The Labute approximate surface area is 182 Å². The standard InChI is InChI=1S/C24H25F7O/c1-2-3-4-14-5-7-15(8-6-14)16-9-10-17(21(26)20(16)25)18-11-12-19(23(28)22(18)27)32-13-24(29,30)31/h9-12,14-15H,2-8,13H2,1H3. The van der Waals surface area contributed by atoms with Crippen LogP contribution >= 0.6 is 0 Å². The predicted octanol–water partition coefficient (Wildman–Crippen LogP) is 8.32.